The fourth-order valence-electron chi connectivity index (χ4n) is 2.26. The molecule has 1 aromatic heterocycles. The molecule has 1 heterocycles. The van der Waals surface area contributed by atoms with Crippen LogP contribution in [0.1, 0.15) is 41.6 Å². The molecule has 21 heavy (non-hydrogen) atoms. The fourth-order valence-corrected chi connectivity index (χ4v) is 2.26. The van der Waals surface area contributed by atoms with Gasteiger partial charge in [0, 0.05) is 6.04 Å². The van der Waals surface area contributed by atoms with E-state index in [-0.39, 0.29) is 17.3 Å². The summed E-state index contributed by atoms with van der Waals surface area (Å²) in [6, 6.07) is 4.36. The number of nitrogens with zero attached hydrogens (tertiary/aromatic N) is 2. The van der Waals surface area contributed by atoms with Crippen LogP contribution in [0.25, 0.3) is 0 Å². The van der Waals surface area contributed by atoms with Gasteiger partial charge in [0.1, 0.15) is 5.82 Å². The van der Waals surface area contributed by atoms with Crippen molar-refractivity contribution in [3.05, 3.63) is 41.0 Å². The minimum atomic E-state index is -0.603. The van der Waals surface area contributed by atoms with E-state index in [4.69, 9.17) is 5.73 Å². The van der Waals surface area contributed by atoms with Crippen LogP contribution in [0.2, 0.25) is 0 Å². The molecule has 6 heteroatoms. The lowest BCUT2D eigenvalue weighted by atomic mass is 10.1. The molecule has 0 spiro atoms. The maximum absolute atomic E-state index is 13.4. The number of aromatic nitrogens is 2. The van der Waals surface area contributed by atoms with Gasteiger partial charge in [-0.1, -0.05) is 6.07 Å². The number of nitrogen functional groups attached to an aromatic ring is 1. The van der Waals surface area contributed by atoms with Crippen LogP contribution in [0.5, 0.6) is 0 Å². The Kier molecular flexibility index (Phi) is 3.97. The summed E-state index contributed by atoms with van der Waals surface area (Å²) in [4.78, 5) is 12.3. The number of para-hydroxylation sites is 1. The zero-order chi connectivity index (χ0) is 15.7. The van der Waals surface area contributed by atoms with Crippen molar-refractivity contribution in [2.24, 2.45) is 0 Å². The molecule has 0 saturated heterocycles. The molecule has 0 atom stereocenters. The molecule has 1 aromatic carbocycles. The summed E-state index contributed by atoms with van der Waals surface area (Å²) < 4.78 is 15.3. The normalized spacial score (nSPS) is 11.0. The number of amides is 1. The van der Waals surface area contributed by atoms with Gasteiger partial charge in [-0.05, 0) is 39.8 Å². The van der Waals surface area contributed by atoms with E-state index in [1.54, 1.807) is 0 Å². The Morgan fingerprint density at radius 1 is 1.38 bits per heavy atom. The van der Waals surface area contributed by atoms with Crippen molar-refractivity contribution < 1.29 is 9.18 Å². The molecule has 2 rings (SSSR count). The van der Waals surface area contributed by atoms with Gasteiger partial charge in [-0.25, -0.2) is 4.39 Å². The SMILES string of the molecule is Cc1nn(C(C)C)c(C)c1NC(=O)c1cccc(F)c1N. The van der Waals surface area contributed by atoms with Crippen molar-refractivity contribution in [3.8, 4) is 0 Å². The van der Waals surface area contributed by atoms with Crippen molar-refractivity contribution >= 4 is 17.3 Å². The Bertz CT molecular complexity index is 691. The van der Waals surface area contributed by atoms with E-state index in [1.165, 1.54) is 18.2 Å². The maximum atomic E-state index is 13.4. The molecular formula is C15H19FN4O. The number of nitrogens with one attached hydrogen (secondary N) is 1. The second-order valence-corrected chi connectivity index (χ2v) is 5.24. The number of halogens is 1. The number of rotatable bonds is 3. The largest absolute Gasteiger partial charge is 0.396 e. The van der Waals surface area contributed by atoms with Crippen LogP contribution in [0.4, 0.5) is 15.8 Å². The highest BCUT2D eigenvalue weighted by Gasteiger charge is 2.18. The third-order valence-corrected chi connectivity index (χ3v) is 3.35. The molecule has 112 valence electrons. The number of carbonyl (C=O) groups excluding carboxylic acids is 1. The van der Waals surface area contributed by atoms with Crippen molar-refractivity contribution in [2.75, 3.05) is 11.1 Å². The molecule has 5 nitrogen and oxygen atoms in total. The van der Waals surface area contributed by atoms with Gasteiger partial charge in [-0.2, -0.15) is 5.10 Å². The Balaban J connectivity index is 2.34. The van der Waals surface area contributed by atoms with E-state index in [0.29, 0.717) is 11.4 Å². The summed E-state index contributed by atoms with van der Waals surface area (Å²) in [5.41, 5.74) is 7.78. The Hall–Kier alpha value is -2.37. The van der Waals surface area contributed by atoms with E-state index in [0.717, 1.165) is 5.69 Å². The van der Waals surface area contributed by atoms with Crippen LogP contribution < -0.4 is 11.1 Å². The van der Waals surface area contributed by atoms with E-state index < -0.39 is 11.7 Å². The number of benzene rings is 1. The molecule has 0 bridgehead atoms. The monoisotopic (exact) mass is 290 g/mol. The van der Waals surface area contributed by atoms with Crippen LogP contribution in [0.3, 0.4) is 0 Å². The molecule has 0 aliphatic rings. The van der Waals surface area contributed by atoms with Gasteiger partial charge >= 0.3 is 0 Å². The first-order chi connectivity index (χ1) is 9.82. The van der Waals surface area contributed by atoms with E-state index in [2.05, 4.69) is 10.4 Å². The molecule has 0 aliphatic heterocycles. The summed E-state index contributed by atoms with van der Waals surface area (Å²) in [6.07, 6.45) is 0. The summed E-state index contributed by atoms with van der Waals surface area (Å²) in [5.74, 6) is -1.05. The fraction of sp³-hybridized carbons (Fsp3) is 0.333. The first kappa shape index (κ1) is 15.0. The number of carbonyl (C=O) groups is 1. The van der Waals surface area contributed by atoms with Crippen LogP contribution in [0, 0.1) is 19.7 Å². The Morgan fingerprint density at radius 3 is 2.62 bits per heavy atom. The Labute approximate surface area is 123 Å². The maximum Gasteiger partial charge on any atom is 0.257 e. The lowest BCUT2D eigenvalue weighted by Crippen LogP contribution is -2.16. The lowest BCUT2D eigenvalue weighted by molar-refractivity contribution is 0.102. The predicted molar refractivity (Wildman–Crippen MR) is 80.9 cm³/mol. The van der Waals surface area contributed by atoms with E-state index in [9.17, 15) is 9.18 Å². The summed E-state index contributed by atoms with van der Waals surface area (Å²) >= 11 is 0. The lowest BCUT2D eigenvalue weighted by Gasteiger charge is -2.10. The van der Waals surface area contributed by atoms with Gasteiger partial charge in [0.15, 0.2) is 0 Å². The number of hydrogen-bond acceptors (Lipinski definition) is 3. The van der Waals surface area contributed by atoms with Gasteiger partial charge in [0.05, 0.1) is 28.3 Å². The molecule has 2 aromatic rings. The predicted octanol–water partition coefficient (Wildman–Crippen LogP) is 3.05. The number of hydrogen-bond donors (Lipinski definition) is 2. The average Bonchev–Trinajstić information content (AvgIpc) is 2.70. The van der Waals surface area contributed by atoms with Crippen molar-refractivity contribution in [3.63, 3.8) is 0 Å². The van der Waals surface area contributed by atoms with Gasteiger partial charge in [-0.15, -0.1) is 0 Å². The number of aryl methyl sites for hydroxylation is 1. The van der Waals surface area contributed by atoms with Crippen molar-refractivity contribution in [1.82, 2.24) is 9.78 Å². The minimum absolute atomic E-state index is 0.117. The standard InChI is InChI=1S/C15H19FN4O/c1-8(2)20-10(4)14(9(3)19-20)18-15(21)11-6-5-7-12(16)13(11)17/h5-8H,17H2,1-4H3,(H,18,21). The summed E-state index contributed by atoms with van der Waals surface area (Å²) in [7, 11) is 0. The Morgan fingerprint density at radius 2 is 2.05 bits per heavy atom. The quantitative estimate of drug-likeness (QED) is 0.853. The highest BCUT2D eigenvalue weighted by atomic mass is 19.1. The van der Waals surface area contributed by atoms with E-state index >= 15 is 0 Å². The van der Waals surface area contributed by atoms with Crippen LogP contribution in [0.15, 0.2) is 18.2 Å². The van der Waals surface area contributed by atoms with Crippen molar-refractivity contribution in [1.29, 1.82) is 0 Å². The van der Waals surface area contributed by atoms with E-state index in [1.807, 2.05) is 32.4 Å². The second-order valence-electron chi connectivity index (χ2n) is 5.24. The molecule has 0 saturated carbocycles. The van der Waals surface area contributed by atoms with Crippen LogP contribution in [-0.4, -0.2) is 15.7 Å². The zero-order valence-electron chi connectivity index (χ0n) is 12.6. The zero-order valence-corrected chi connectivity index (χ0v) is 12.6. The molecule has 0 radical (unpaired) electrons. The first-order valence-corrected chi connectivity index (χ1v) is 6.74. The summed E-state index contributed by atoms with van der Waals surface area (Å²) in [6.45, 7) is 7.71. The molecule has 3 N–H and O–H groups in total. The number of nitrogens with two attached hydrogens (primary N) is 1. The summed E-state index contributed by atoms with van der Waals surface area (Å²) in [5, 5.41) is 7.16. The molecular weight excluding hydrogens is 271 g/mol. The average molecular weight is 290 g/mol. The van der Waals surface area contributed by atoms with Gasteiger partial charge < -0.3 is 11.1 Å². The second kappa shape index (κ2) is 5.55. The molecule has 0 aliphatic carbocycles. The molecule has 0 unspecified atom stereocenters. The first-order valence-electron chi connectivity index (χ1n) is 6.74. The van der Waals surface area contributed by atoms with Gasteiger partial charge in [0.25, 0.3) is 5.91 Å². The highest BCUT2D eigenvalue weighted by molar-refractivity contribution is 6.08. The smallest absolute Gasteiger partial charge is 0.257 e. The third kappa shape index (κ3) is 2.74. The van der Waals surface area contributed by atoms with Crippen LogP contribution in [-0.2, 0) is 0 Å². The van der Waals surface area contributed by atoms with Crippen LogP contribution >= 0.6 is 0 Å². The van der Waals surface area contributed by atoms with Gasteiger partial charge in [0.2, 0.25) is 0 Å². The number of anilines is 2. The topological polar surface area (TPSA) is 72.9 Å². The third-order valence-electron chi connectivity index (χ3n) is 3.35. The highest BCUT2D eigenvalue weighted by Crippen LogP contribution is 2.24. The van der Waals surface area contributed by atoms with Gasteiger partial charge in [-0.3, -0.25) is 9.48 Å². The minimum Gasteiger partial charge on any atom is -0.396 e. The van der Waals surface area contributed by atoms with Crippen molar-refractivity contribution in [2.45, 2.75) is 33.7 Å². The molecule has 0 fully saturated rings. The molecule has 1 amide bonds.